The number of carbonyl (C=O) groups excluding carboxylic acids is 2. The molecule has 0 radical (unpaired) electrons. The van der Waals surface area contributed by atoms with Crippen molar-refractivity contribution >= 4 is 55.8 Å². The number of fused-ring (bicyclic) bond motifs is 1. The predicted molar refractivity (Wildman–Crippen MR) is 98.4 cm³/mol. The quantitative estimate of drug-likeness (QED) is 0.735. The largest absolute Gasteiger partial charge is 0.365 e. The third kappa shape index (κ3) is 3.62. The number of amides is 2. The van der Waals surface area contributed by atoms with E-state index in [0.29, 0.717) is 10.6 Å². The lowest BCUT2D eigenvalue weighted by Crippen LogP contribution is -2.18. The summed E-state index contributed by atoms with van der Waals surface area (Å²) in [5.41, 5.74) is 7.02. The average Bonchev–Trinajstić information content (AvgIpc) is 3.06. The molecule has 120 valence electrons. The van der Waals surface area contributed by atoms with Gasteiger partial charge in [-0.15, -0.1) is 23.1 Å². The predicted octanol–water partition coefficient (Wildman–Crippen LogP) is 3.83. The third-order valence-corrected chi connectivity index (χ3v) is 6.85. The molecule has 2 amide bonds. The van der Waals surface area contributed by atoms with E-state index in [0.717, 1.165) is 34.2 Å². The summed E-state index contributed by atoms with van der Waals surface area (Å²) in [6, 6.07) is 7.76. The van der Waals surface area contributed by atoms with E-state index in [1.807, 2.05) is 24.3 Å². The maximum absolute atomic E-state index is 12.2. The first-order valence-corrected chi connectivity index (χ1v) is 9.77. The zero-order valence-electron chi connectivity index (χ0n) is 12.2. The molecule has 3 N–H and O–H groups in total. The Hall–Kier alpha value is -1.31. The molecule has 1 aliphatic rings. The average molecular weight is 411 g/mol. The van der Waals surface area contributed by atoms with Gasteiger partial charge in [0, 0.05) is 14.2 Å². The highest BCUT2D eigenvalue weighted by molar-refractivity contribution is 9.10. The summed E-state index contributed by atoms with van der Waals surface area (Å²) in [4.78, 5) is 26.1. The number of rotatable bonds is 5. The van der Waals surface area contributed by atoms with Crippen LogP contribution in [0.3, 0.4) is 0 Å². The van der Waals surface area contributed by atoms with Crippen LogP contribution < -0.4 is 11.1 Å². The zero-order chi connectivity index (χ0) is 16.4. The number of thioether (sulfide) groups is 1. The van der Waals surface area contributed by atoms with Gasteiger partial charge in [0.15, 0.2) is 0 Å². The Morgan fingerprint density at radius 3 is 2.83 bits per heavy atom. The number of primary amides is 1. The van der Waals surface area contributed by atoms with Crippen molar-refractivity contribution in [2.24, 2.45) is 5.73 Å². The minimum Gasteiger partial charge on any atom is -0.365 e. The second-order valence-corrected chi connectivity index (χ2v) is 8.17. The lowest BCUT2D eigenvalue weighted by atomic mass is 10.1. The van der Waals surface area contributed by atoms with E-state index in [1.165, 1.54) is 28.0 Å². The molecule has 1 heterocycles. The number of carbonyl (C=O) groups is 2. The highest BCUT2D eigenvalue weighted by atomic mass is 79.9. The maximum atomic E-state index is 12.2. The minimum atomic E-state index is -0.460. The van der Waals surface area contributed by atoms with E-state index in [4.69, 9.17) is 5.73 Å². The molecule has 1 aliphatic carbocycles. The Morgan fingerprint density at radius 2 is 2.09 bits per heavy atom. The van der Waals surface area contributed by atoms with Crippen molar-refractivity contribution in [3.8, 4) is 0 Å². The van der Waals surface area contributed by atoms with E-state index in [2.05, 4.69) is 21.2 Å². The number of nitrogens with one attached hydrogen (secondary N) is 1. The second-order valence-electron chi connectivity index (χ2n) is 5.19. The molecule has 3 rings (SSSR count). The fraction of sp³-hybridized carbons (Fsp3) is 0.250. The number of hydrogen-bond donors (Lipinski definition) is 2. The summed E-state index contributed by atoms with van der Waals surface area (Å²) in [7, 11) is 0. The van der Waals surface area contributed by atoms with E-state index in [9.17, 15) is 9.59 Å². The lowest BCUT2D eigenvalue weighted by Gasteiger charge is -2.07. The van der Waals surface area contributed by atoms with Gasteiger partial charge in [-0.25, -0.2) is 0 Å². The number of nitrogens with two attached hydrogens (primary N) is 1. The lowest BCUT2D eigenvalue weighted by molar-refractivity contribution is -0.113. The fourth-order valence-electron chi connectivity index (χ4n) is 2.62. The van der Waals surface area contributed by atoms with Crippen LogP contribution in [0.25, 0.3) is 0 Å². The molecule has 0 bridgehead atoms. The van der Waals surface area contributed by atoms with Crippen molar-refractivity contribution in [3.05, 3.63) is 44.7 Å². The van der Waals surface area contributed by atoms with Gasteiger partial charge in [0.25, 0.3) is 5.91 Å². The van der Waals surface area contributed by atoms with Gasteiger partial charge in [-0.1, -0.05) is 12.1 Å². The van der Waals surface area contributed by atoms with Crippen LogP contribution in [0, 0.1) is 0 Å². The van der Waals surface area contributed by atoms with Crippen LogP contribution in [0.2, 0.25) is 0 Å². The molecule has 1 aromatic carbocycles. The highest BCUT2D eigenvalue weighted by Gasteiger charge is 2.26. The number of hydrogen-bond acceptors (Lipinski definition) is 4. The number of benzene rings is 1. The van der Waals surface area contributed by atoms with Crippen LogP contribution in [-0.2, 0) is 17.6 Å². The van der Waals surface area contributed by atoms with Gasteiger partial charge in [-0.05, 0) is 52.9 Å². The molecule has 1 aromatic heterocycles. The molecule has 0 saturated carbocycles. The Bertz CT molecular complexity index is 773. The van der Waals surface area contributed by atoms with Crippen molar-refractivity contribution in [1.29, 1.82) is 0 Å². The molecular formula is C16H15BrN2O2S2. The van der Waals surface area contributed by atoms with Crippen LogP contribution in [-0.4, -0.2) is 17.6 Å². The van der Waals surface area contributed by atoms with Crippen molar-refractivity contribution in [1.82, 2.24) is 0 Å². The molecule has 0 spiro atoms. The first-order chi connectivity index (χ1) is 11.1. The standard InChI is InChI=1S/C16H15BrN2O2S2/c17-10-5-1-2-6-12(10)22-8-13(20)19-16-14(15(18)21)9-4-3-7-11(9)23-16/h1-2,5-6H,3-4,7-8H2,(H2,18,21)(H,19,20). The number of anilines is 1. The van der Waals surface area contributed by atoms with E-state index < -0.39 is 5.91 Å². The number of aryl methyl sites for hydroxylation is 1. The molecule has 23 heavy (non-hydrogen) atoms. The molecule has 0 unspecified atom stereocenters. The molecule has 0 aliphatic heterocycles. The second kappa shape index (κ2) is 7.07. The van der Waals surface area contributed by atoms with Crippen molar-refractivity contribution in [2.75, 3.05) is 11.1 Å². The van der Waals surface area contributed by atoms with Gasteiger partial charge in [0.05, 0.1) is 11.3 Å². The van der Waals surface area contributed by atoms with Gasteiger partial charge in [-0.3, -0.25) is 9.59 Å². The van der Waals surface area contributed by atoms with Gasteiger partial charge < -0.3 is 11.1 Å². The SMILES string of the molecule is NC(=O)c1c(NC(=O)CSc2ccccc2Br)sc2c1CCC2. The van der Waals surface area contributed by atoms with Crippen molar-refractivity contribution in [3.63, 3.8) is 0 Å². The van der Waals surface area contributed by atoms with E-state index in [-0.39, 0.29) is 11.7 Å². The van der Waals surface area contributed by atoms with Crippen LogP contribution in [0.4, 0.5) is 5.00 Å². The summed E-state index contributed by atoms with van der Waals surface area (Å²) in [6.07, 6.45) is 2.88. The first-order valence-electron chi connectivity index (χ1n) is 7.17. The Balaban J connectivity index is 1.69. The first kappa shape index (κ1) is 16.5. The minimum absolute atomic E-state index is 0.131. The third-order valence-electron chi connectivity index (χ3n) is 3.62. The van der Waals surface area contributed by atoms with Gasteiger partial charge >= 0.3 is 0 Å². The Labute approximate surface area is 151 Å². The van der Waals surface area contributed by atoms with Crippen LogP contribution >= 0.6 is 39.0 Å². The van der Waals surface area contributed by atoms with Gasteiger partial charge in [-0.2, -0.15) is 0 Å². The van der Waals surface area contributed by atoms with Crippen LogP contribution in [0.1, 0.15) is 27.2 Å². The Morgan fingerprint density at radius 1 is 1.30 bits per heavy atom. The molecule has 0 saturated heterocycles. The number of halogens is 1. The molecule has 0 atom stereocenters. The van der Waals surface area contributed by atoms with Crippen molar-refractivity contribution in [2.45, 2.75) is 24.2 Å². The molecule has 4 nitrogen and oxygen atoms in total. The summed E-state index contributed by atoms with van der Waals surface area (Å²) < 4.78 is 0.964. The Kier molecular flexibility index (Phi) is 5.08. The summed E-state index contributed by atoms with van der Waals surface area (Å²) in [5, 5.41) is 3.45. The topological polar surface area (TPSA) is 72.2 Å². The highest BCUT2D eigenvalue weighted by Crippen LogP contribution is 2.39. The molecule has 2 aromatic rings. The van der Waals surface area contributed by atoms with Crippen LogP contribution in [0.5, 0.6) is 0 Å². The van der Waals surface area contributed by atoms with Gasteiger partial charge in [0.1, 0.15) is 5.00 Å². The summed E-state index contributed by atoms with van der Waals surface area (Å²) in [5.74, 6) is -0.310. The molecular weight excluding hydrogens is 396 g/mol. The number of thiophene rings is 1. The summed E-state index contributed by atoms with van der Waals surface area (Å²) in [6.45, 7) is 0. The fourth-order valence-corrected chi connectivity index (χ4v) is 5.30. The van der Waals surface area contributed by atoms with Crippen molar-refractivity contribution < 1.29 is 9.59 Å². The van der Waals surface area contributed by atoms with Crippen LogP contribution in [0.15, 0.2) is 33.6 Å². The molecule has 7 heteroatoms. The molecule has 0 fully saturated rings. The maximum Gasteiger partial charge on any atom is 0.251 e. The zero-order valence-corrected chi connectivity index (χ0v) is 15.4. The van der Waals surface area contributed by atoms with E-state index in [1.54, 1.807) is 0 Å². The van der Waals surface area contributed by atoms with Gasteiger partial charge in [0.2, 0.25) is 5.91 Å². The van der Waals surface area contributed by atoms with E-state index >= 15 is 0 Å². The normalized spacial score (nSPS) is 12.9. The smallest absolute Gasteiger partial charge is 0.251 e. The monoisotopic (exact) mass is 410 g/mol. The summed E-state index contributed by atoms with van der Waals surface area (Å²) >= 11 is 6.39.